The van der Waals surface area contributed by atoms with Crippen molar-refractivity contribution in [2.75, 3.05) is 23.7 Å². The Morgan fingerprint density at radius 1 is 1.23 bits per heavy atom. The lowest BCUT2D eigenvalue weighted by atomic mass is 10.1. The van der Waals surface area contributed by atoms with Crippen LogP contribution in [0.3, 0.4) is 0 Å². The smallest absolute Gasteiger partial charge is 0.223 e. The van der Waals surface area contributed by atoms with Crippen molar-refractivity contribution >= 4 is 21.6 Å². The third-order valence-corrected chi connectivity index (χ3v) is 4.94. The molecule has 0 radical (unpaired) electrons. The standard InChI is InChI=1S/C16H26N2O3S/c1-4-6-13-22(20,21)17-11-12-18(14(3)19)16-10-8-7-9-15(16)5-2/h7-10,17H,4-6,11-13H2,1-3H3. The summed E-state index contributed by atoms with van der Waals surface area (Å²) in [6, 6.07) is 7.70. The minimum Gasteiger partial charge on any atom is -0.311 e. The zero-order chi connectivity index (χ0) is 16.6. The normalized spacial score (nSPS) is 11.4. The SMILES string of the molecule is CCCCS(=O)(=O)NCCN(C(C)=O)c1ccccc1CC. The van der Waals surface area contributed by atoms with Crippen molar-refractivity contribution in [3.05, 3.63) is 29.8 Å². The van der Waals surface area contributed by atoms with Crippen LogP contribution in [0.5, 0.6) is 0 Å². The van der Waals surface area contributed by atoms with E-state index in [0.29, 0.717) is 13.0 Å². The summed E-state index contributed by atoms with van der Waals surface area (Å²) in [6.07, 6.45) is 2.30. The maximum atomic E-state index is 11.9. The molecule has 0 bridgehead atoms. The Hall–Kier alpha value is -1.40. The van der Waals surface area contributed by atoms with Crippen molar-refractivity contribution in [1.82, 2.24) is 4.72 Å². The average Bonchev–Trinajstić information content (AvgIpc) is 2.49. The van der Waals surface area contributed by atoms with Crippen LogP contribution in [-0.4, -0.2) is 33.2 Å². The van der Waals surface area contributed by atoms with Crippen LogP contribution in [0, 0.1) is 0 Å². The zero-order valence-electron chi connectivity index (χ0n) is 13.6. The van der Waals surface area contributed by atoms with Gasteiger partial charge >= 0.3 is 0 Å². The maximum Gasteiger partial charge on any atom is 0.223 e. The molecular weight excluding hydrogens is 300 g/mol. The molecule has 1 rings (SSSR count). The van der Waals surface area contributed by atoms with Crippen LogP contribution < -0.4 is 9.62 Å². The number of nitrogens with one attached hydrogen (secondary N) is 1. The summed E-state index contributed by atoms with van der Waals surface area (Å²) < 4.78 is 26.1. The van der Waals surface area contributed by atoms with Crippen LogP contribution in [0.4, 0.5) is 5.69 Å². The highest BCUT2D eigenvalue weighted by atomic mass is 32.2. The summed E-state index contributed by atoms with van der Waals surface area (Å²) in [7, 11) is -3.25. The lowest BCUT2D eigenvalue weighted by molar-refractivity contribution is -0.116. The molecule has 6 heteroatoms. The zero-order valence-corrected chi connectivity index (χ0v) is 14.4. The van der Waals surface area contributed by atoms with E-state index in [1.165, 1.54) is 6.92 Å². The largest absolute Gasteiger partial charge is 0.311 e. The van der Waals surface area contributed by atoms with E-state index in [2.05, 4.69) is 4.72 Å². The first-order chi connectivity index (χ1) is 10.4. The van der Waals surface area contributed by atoms with Gasteiger partial charge in [-0.15, -0.1) is 0 Å². The number of hydrogen-bond acceptors (Lipinski definition) is 3. The number of benzene rings is 1. The summed E-state index contributed by atoms with van der Waals surface area (Å²) >= 11 is 0. The molecule has 0 spiro atoms. The average molecular weight is 326 g/mol. The van der Waals surface area contributed by atoms with Crippen molar-refractivity contribution in [1.29, 1.82) is 0 Å². The third-order valence-electron chi connectivity index (χ3n) is 3.47. The number of hydrogen-bond donors (Lipinski definition) is 1. The predicted molar refractivity (Wildman–Crippen MR) is 90.5 cm³/mol. The first-order valence-electron chi connectivity index (χ1n) is 7.74. The second-order valence-electron chi connectivity index (χ2n) is 5.22. The lowest BCUT2D eigenvalue weighted by Gasteiger charge is -2.24. The van der Waals surface area contributed by atoms with Gasteiger partial charge in [0, 0.05) is 25.7 Å². The summed E-state index contributed by atoms with van der Waals surface area (Å²) in [6.45, 7) is 6.04. The fraction of sp³-hybridized carbons (Fsp3) is 0.562. The predicted octanol–water partition coefficient (Wildman–Crippen LogP) is 2.32. The Balaban J connectivity index is 2.72. The van der Waals surface area contributed by atoms with Crippen LogP contribution in [0.15, 0.2) is 24.3 Å². The first kappa shape index (κ1) is 18.6. The fourth-order valence-electron chi connectivity index (χ4n) is 2.24. The minimum atomic E-state index is -3.25. The number of para-hydroxylation sites is 1. The van der Waals surface area contributed by atoms with Gasteiger partial charge in [-0.25, -0.2) is 13.1 Å². The number of carbonyl (C=O) groups is 1. The number of nitrogens with zero attached hydrogens (tertiary/aromatic N) is 1. The molecule has 1 N–H and O–H groups in total. The Kier molecular flexibility index (Phi) is 7.55. The highest BCUT2D eigenvalue weighted by molar-refractivity contribution is 7.89. The number of sulfonamides is 1. The topological polar surface area (TPSA) is 66.5 Å². The second kappa shape index (κ2) is 8.90. The number of anilines is 1. The van der Waals surface area contributed by atoms with E-state index in [1.54, 1.807) is 4.90 Å². The second-order valence-corrected chi connectivity index (χ2v) is 7.15. The first-order valence-corrected chi connectivity index (χ1v) is 9.39. The van der Waals surface area contributed by atoms with Gasteiger partial charge in [0.2, 0.25) is 15.9 Å². The molecule has 0 unspecified atom stereocenters. The molecule has 0 aliphatic heterocycles. The molecule has 0 saturated carbocycles. The van der Waals surface area contributed by atoms with E-state index in [-0.39, 0.29) is 18.2 Å². The molecule has 0 aromatic heterocycles. The molecule has 0 aliphatic carbocycles. The van der Waals surface area contributed by atoms with Gasteiger partial charge in [-0.3, -0.25) is 4.79 Å². The molecule has 5 nitrogen and oxygen atoms in total. The summed E-state index contributed by atoms with van der Waals surface area (Å²) in [5.74, 6) is 0.0448. The highest BCUT2D eigenvalue weighted by Gasteiger charge is 2.15. The van der Waals surface area contributed by atoms with E-state index in [0.717, 1.165) is 24.1 Å². The molecule has 1 aromatic carbocycles. The number of unbranched alkanes of at least 4 members (excludes halogenated alkanes) is 1. The van der Waals surface area contributed by atoms with Crippen LogP contribution in [0.2, 0.25) is 0 Å². The van der Waals surface area contributed by atoms with E-state index >= 15 is 0 Å². The number of aryl methyl sites for hydroxylation is 1. The van der Waals surface area contributed by atoms with Crippen LogP contribution >= 0.6 is 0 Å². The molecule has 1 aromatic rings. The highest BCUT2D eigenvalue weighted by Crippen LogP contribution is 2.20. The maximum absolute atomic E-state index is 11.9. The molecule has 124 valence electrons. The van der Waals surface area contributed by atoms with Crippen LogP contribution in [-0.2, 0) is 21.2 Å². The Morgan fingerprint density at radius 2 is 1.91 bits per heavy atom. The van der Waals surface area contributed by atoms with Crippen molar-refractivity contribution in [2.45, 2.75) is 40.0 Å². The Morgan fingerprint density at radius 3 is 2.50 bits per heavy atom. The van der Waals surface area contributed by atoms with Gasteiger partial charge in [0.05, 0.1) is 5.75 Å². The molecule has 0 aliphatic rings. The van der Waals surface area contributed by atoms with Gasteiger partial charge in [-0.05, 0) is 24.5 Å². The van der Waals surface area contributed by atoms with Crippen LogP contribution in [0.1, 0.15) is 39.2 Å². The van der Waals surface area contributed by atoms with E-state index in [1.807, 2.05) is 38.1 Å². The van der Waals surface area contributed by atoms with Gasteiger partial charge in [0.25, 0.3) is 0 Å². The molecule has 1 amide bonds. The molecule has 0 heterocycles. The number of rotatable bonds is 9. The van der Waals surface area contributed by atoms with Crippen molar-refractivity contribution in [3.63, 3.8) is 0 Å². The van der Waals surface area contributed by atoms with E-state index < -0.39 is 10.0 Å². The summed E-state index contributed by atoms with van der Waals surface area (Å²) in [5, 5.41) is 0. The molecule has 0 fully saturated rings. The van der Waals surface area contributed by atoms with Crippen LogP contribution in [0.25, 0.3) is 0 Å². The number of amides is 1. The lowest BCUT2D eigenvalue weighted by Crippen LogP contribution is -2.38. The third kappa shape index (κ3) is 5.77. The fourth-order valence-corrected chi connectivity index (χ4v) is 3.46. The van der Waals surface area contributed by atoms with Gasteiger partial charge in [0.15, 0.2) is 0 Å². The van der Waals surface area contributed by atoms with Crippen molar-refractivity contribution in [2.24, 2.45) is 0 Å². The molecule has 0 saturated heterocycles. The monoisotopic (exact) mass is 326 g/mol. The number of carbonyl (C=O) groups excluding carboxylic acids is 1. The van der Waals surface area contributed by atoms with Gasteiger partial charge in [0.1, 0.15) is 0 Å². The Bertz CT molecular complexity index is 585. The summed E-state index contributed by atoms with van der Waals surface area (Å²) in [5.41, 5.74) is 1.93. The molecular formula is C16H26N2O3S. The van der Waals surface area contributed by atoms with E-state index in [4.69, 9.17) is 0 Å². The summed E-state index contributed by atoms with van der Waals surface area (Å²) in [4.78, 5) is 13.5. The van der Waals surface area contributed by atoms with Gasteiger partial charge < -0.3 is 4.90 Å². The molecule has 22 heavy (non-hydrogen) atoms. The molecule has 0 atom stereocenters. The van der Waals surface area contributed by atoms with Gasteiger partial charge in [-0.2, -0.15) is 0 Å². The van der Waals surface area contributed by atoms with E-state index in [9.17, 15) is 13.2 Å². The minimum absolute atomic E-state index is 0.0892. The Labute approximate surface area is 133 Å². The van der Waals surface area contributed by atoms with Crippen molar-refractivity contribution < 1.29 is 13.2 Å². The van der Waals surface area contributed by atoms with Gasteiger partial charge in [-0.1, -0.05) is 38.5 Å². The quantitative estimate of drug-likeness (QED) is 0.757. The van der Waals surface area contributed by atoms with Crippen molar-refractivity contribution in [3.8, 4) is 0 Å².